The minimum absolute atomic E-state index is 1.01. The smallest absolute Gasteiger partial charge is 0.0722 e. The molecule has 176 valence electrons. The van der Waals surface area contributed by atoms with Crippen LogP contribution in [0.2, 0.25) is 0 Å². The molecule has 0 atom stereocenters. The van der Waals surface area contributed by atoms with Gasteiger partial charge in [-0.3, -0.25) is 0 Å². The lowest BCUT2D eigenvalue weighted by atomic mass is 9.86. The Labute approximate surface area is 220 Å². The molecule has 38 heavy (non-hydrogen) atoms. The summed E-state index contributed by atoms with van der Waals surface area (Å²) < 4.78 is 0. The average molecular weight is 482 g/mol. The van der Waals surface area contributed by atoms with E-state index in [2.05, 4.69) is 140 Å². The van der Waals surface area contributed by atoms with E-state index in [-0.39, 0.29) is 0 Å². The summed E-state index contributed by atoms with van der Waals surface area (Å²) in [6, 6.07) is 50.3. The van der Waals surface area contributed by atoms with Crippen molar-refractivity contribution in [3.63, 3.8) is 0 Å². The Balaban J connectivity index is 1.46. The largest absolute Gasteiger partial charge is 0.248 e. The zero-order valence-corrected chi connectivity index (χ0v) is 20.7. The minimum atomic E-state index is 1.01. The lowest BCUT2D eigenvalue weighted by Crippen LogP contribution is -1.93. The second-order valence-electron chi connectivity index (χ2n) is 9.95. The molecule has 8 aromatic rings. The molecule has 0 bridgehead atoms. The summed E-state index contributed by atoms with van der Waals surface area (Å²) in [4.78, 5) is 5.12. The lowest BCUT2D eigenvalue weighted by molar-refractivity contribution is 1.42. The fourth-order valence-electron chi connectivity index (χ4n) is 6.09. The first kappa shape index (κ1) is 21.1. The van der Waals surface area contributed by atoms with E-state index in [9.17, 15) is 0 Å². The van der Waals surface area contributed by atoms with Gasteiger partial charge in [0.2, 0.25) is 0 Å². The number of para-hydroxylation sites is 1. The van der Waals surface area contributed by atoms with E-state index in [4.69, 9.17) is 4.98 Å². The van der Waals surface area contributed by atoms with Gasteiger partial charge in [0.1, 0.15) is 0 Å². The van der Waals surface area contributed by atoms with Gasteiger partial charge in [-0.25, -0.2) is 4.98 Å². The van der Waals surface area contributed by atoms with Crippen LogP contribution in [0.5, 0.6) is 0 Å². The number of hydrogen-bond donors (Lipinski definition) is 0. The number of benzene rings is 7. The first-order valence-corrected chi connectivity index (χ1v) is 13.1. The highest BCUT2D eigenvalue weighted by atomic mass is 14.7. The van der Waals surface area contributed by atoms with E-state index < -0.39 is 0 Å². The van der Waals surface area contributed by atoms with Gasteiger partial charge in [0, 0.05) is 10.9 Å². The van der Waals surface area contributed by atoms with Crippen LogP contribution in [0.4, 0.5) is 0 Å². The van der Waals surface area contributed by atoms with E-state index in [0.717, 1.165) is 16.6 Å². The maximum absolute atomic E-state index is 5.12. The molecule has 0 saturated carbocycles. The van der Waals surface area contributed by atoms with Gasteiger partial charge < -0.3 is 0 Å². The highest BCUT2D eigenvalue weighted by Crippen LogP contribution is 2.44. The molecule has 0 unspecified atom stereocenters. The Morgan fingerprint density at radius 2 is 0.868 bits per heavy atom. The monoisotopic (exact) mass is 481 g/mol. The molecule has 1 nitrogen and oxygen atoms in total. The van der Waals surface area contributed by atoms with Crippen LogP contribution in [0.25, 0.3) is 76.4 Å². The number of rotatable bonds is 2. The van der Waals surface area contributed by atoms with Gasteiger partial charge in [0.15, 0.2) is 0 Å². The zero-order valence-electron chi connectivity index (χ0n) is 20.7. The highest BCUT2D eigenvalue weighted by molar-refractivity contribution is 6.22. The van der Waals surface area contributed by atoms with Crippen LogP contribution in [-0.4, -0.2) is 4.98 Å². The Bertz CT molecular complexity index is 2130. The van der Waals surface area contributed by atoms with Crippen LogP contribution in [-0.2, 0) is 0 Å². The lowest BCUT2D eigenvalue weighted by Gasteiger charge is -2.18. The van der Waals surface area contributed by atoms with Gasteiger partial charge in [-0.05, 0) is 72.4 Å². The van der Waals surface area contributed by atoms with Crippen LogP contribution in [0.1, 0.15) is 0 Å². The number of aromatic nitrogens is 1. The molecule has 8 rings (SSSR count). The van der Waals surface area contributed by atoms with Crippen molar-refractivity contribution in [1.82, 2.24) is 4.98 Å². The van der Waals surface area contributed by atoms with Gasteiger partial charge in [0.05, 0.1) is 11.2 Å². The molecule has 0 saturated heterocycles. The summed E-state index contributed by atoms with van der Waals surface area (Å²) in [7, 11) is 0. The molecule has 7 aromatic carbocycles. The van der Waals surface area contributed by atoms with Gasteiger partial charge in [0.25, 0.3) is 0 Å². The topological polar surface area (TPSA) is 12.9 Å². The third kappa shape index (κ3) is 3.16. The third-order valence-electron chi connectivity index (χ3n) is 7.82. The normalized spacial score (nSPS) is 11.7. The maximum atomic E-state index is 5.12. The van der Waals surface area contributed by atoms with Crippen molar-refractivity contribution in [3.05, 3.63) is 140 Å². The molecule has 0 aliphatic rings. The van der Waals surface area contributed by atoms with Gasteiger partial charge in [-0.2, -0.15) is 0 Å². The first-order chi connectivity index (χ1) is 18.8. The van der Waals surface area contributed by atoms with Gasteiger partial charge in [-0.15, -0.1) is 0 Å². The molecular weight excluding hydrogens is 458 g/mol. The predicted octanol–water partition coefficient (Wildman–Crippen LogP) is 10.2. The number of fused-ring (bicyclic) bond motifs is 6. The van der Waals surface area contributed by atoms with Crippen molar-refractivity contribution in [2.45, 2.75) is 0 Å². The van der Waals surface area contributed by atoms with Crippen molar-refractivity contribution in [1.29, 1.82) is 0 Å². The van der Waals surface area contributed by atoms with E-state index >= 15 is 0 Å². The van der Waals surface area contributed by atoms with Gasteiger partial charge >= 0.3 is 0 Å². The van der Waals surface area contributed by atoms with Crippen molar-refractivity contribution >= 4 is 54.0 Å². The number of hydrogen-bond acceptors (Lipinski definition) is 1. The molecular formula is C37H23N. The van der Waals surface area contributed by atoms with E-state index in [1.54, 1.807) is 0 Å². The number of nitrogens with zero attached hydrogens (tertiary/aromatic N) is 1. The molecule has 0 amide bonds. The fraction of sp³-hybridized carbons (Fsp3) is 0. The summed E-state index contributed by atoms with van der Waals surface area (Å²) in [5, 5.41) is 11.2. The SMILES string of the molecule is c1ccc2nc(-c3c4ccccc4c(-c4ccc5c(ccc6ccccc65)c4)c4ccccc34)ccc2c1. The third-order valence-corrected chi connectivity index (χ3v) is 7.82. The molecule has 1 heterocycles. The molecule has 0 fully saturated rings. The predicted molar refractivity (Wildman–Crippen MR) is 163 cm³/mol. The molecule has 0 aliphatic heterocycles. The molecule has 0 N–H and O–H groups in total. The summed E-state index contributed by atoms with van der Waals surface area (Å²) >= 11 is 0. The zero-order chi connectivity index (χ0) is 25.1. The molecule has 1 heteroatoms. The van der Waals surface area contributed by atoms with Crippen molar-refractivity contribution in [2.24, 2.45) is 0 Å². The average Bonchev–Trinajstić information content (AvgIpc) is 2.99. The second-order valence-corrected chi connectivity index (χ2v) is 9.95. The Hall–Kier alpha value is -5.01. The number of pyridine rings is 1. The summed E-state index contributed by atoms with van der Waals surface area (Å²) in [5.41, 5.74) is 5.73. The van der Waals surface area contributed by atoms with Crippen LogP contribution in [0.15, 0.2) is 140 Å². The summed E-state index contributed by atoms with van der Waals surface area (Å²) in [6.45, 7) is 0. The van der Waals surface area contributed by atoms with Crippen molar-refractivity contribution < 1.29 is 0 Å². The minimum Gasteiger partial charge on any atom is -0.248 e. The standard InChI is InChI=1S/C37H23N/c1-3-11-28-24(9-1)17-18-26-23-27(19-21-29(26)28)36-30-12-4-6-14-32(30)37(33-15-7-5-13-31(33)36)35-22-20-25-10-2-8-16-34(25)38-35/h1-23H. The molecule has 0 aliphatic carbocycles. The van der Waals surface area contributed by atoms with E-state index in [1.165, 1.54) is 59.8 Å². The quantitative estimate of drug-likeness (QED) is 0.177. The van der Waals surface area contributed by atoms with Crippen LogP contribution >= 0.6 is 0 Å². The summed E-state index contributed by atoms with van der Waals surface area (Å²) in [5.74, 6) is 0. The first-order valence-electron chi connectivity index (χ1n) is 13.1. The second kappa shape index (κ2) is 8.26. The Morgan fingerprint density at radius 3 is 1.61 bits per heavy atom. The summed E-state index contributed by atoms with van der Waals surface area (Å²) in [6.07, 6.45) is 0. The fourth-order valence-corrected chi connectivity index (χ4v) is 6.09. The highest BCUT2D eigenvalue weighted by Gasteiger charge is 2.17. The van der Waals surface area contributed by atoms with Crippen molar-refractivity contribution in [2.75, 3.05) is 0 Å². The Morgan fingerprint density at radius 1 is 0.342 bits per heavy atom. The van der Waals surface area contributed by atoms with E-state index in [0.29, 0.717) is 0 Å². The van der Waals surface area contributed by atoms with Crippen molar-refractivity contribution in [3.8, 4) is 22.4 Å². The van der Waals surface area contributed by atoms with Crippen LogP contribution in [0.3, 0.4) is 0 Å². The Kier molecular flexibility index (Phi) is 4.59. The van der Waals surface area contributed by atoms with Crippen LogP contribution < -0.4 is 0 Å². The molecule has 1 aromatic heterocycles. The molecule has 0 spiro atoms. The van der Waals surface area contributed by atoms with Gasteiger partial charge in [-0.1, -0.05) is 121 Å². The maximum Gasteiger partial charge on any atom is 0.0722 e. The molecule has 0 radical (unpaired) electrons. The van der Waals surface area contributed by atoms with Crippen LogP contribution in [0, 0.1) is 0 Å². The van der Waals surface area contributed by atoms with E-state index in [1.807, 2.05) is 0 Å².